The molecule has 1 fully saturated rings. The first-order chi connectivity index (χ1) is 15.6. The fraction of sp³-hybridized carbons (Fsp3) is 0.417. The average molecular weight is 429 g/mol. The van der Waals surface area contributed by atoms with E-state index in [-0.39, 0.29) is 0 Å². The van der Waals surface area contributed by atoms with Crippen molar-refractivity contribution in [2.24, 2.45) is 5.92 Å². The Bertz CT molecular complexity index is 1170. The van der Waals surface area contributed by atoms with Crippen LogP contribution in [0.1, 0.15) is 29.7 Å². The lowest BCUT2D eigenvalue weighted by molar-refractivity contribution is 0.202. The monoisotopic (exact) mass is 428 g/mol. The Balaban J connectivity index is 1.38. The van der Waals surface area contributed by atoms with Gasteiger partial charge >= 0.3 is 0 Å². The van der Waals surface area contributed by atoms with E-state index in [0.717, 1.165) is 61.1 Å². The summed E-state index contributed by atoms with van der Waals surface area (Å²) in [6.45, 7) is 6.05. The van der Waals surface area contributed by atoms with Crippen molar-refractivity contribution in [1.29, 1.82) is 5.26 Å². The zero-order chi connectivity index (χ0) is 22.1. The summed E-state index contributed by atoms with van der Waals surface area (Å²) in [5, 5.41) is 20.9. The Morgan fingerprint density at radius 3 is 2.91 bits per heavy atom. The fourth-order valence-electron chi connectivity index (χ4n) is 4.64. The maximum Gasteiger partial charge on any atom is 0.228 e. The highest BCUT2D eigenvalue weighted by atomic mass is 15.3. The minimum absolute atomic E-state index is 0.532. The molecule has 1 saturated heterocycles. The summed E-state index contributed by atoms with van der Waals surface area (Å²) < 4.78 is 2.05. The Morgan fingerprint density at radius 1 is 1.25 bits per heavy atom. The van der Waals surface area contributed by atoms with E-state index in [1.165, 1.54) is 18.4 Å². The lowest BCUT2D eigenvalue weighted by Crippen LogP contribution is -2.32. The van der Waals surface area contributed by atoms with Crippen LogP contribution in [0.4, 0.5) is 17.5 Å². The normalized spacial score (nSPS) is 16.4. The molecule has 8 nitrogen and oxygen atoms in total. The molecule has 32 heavy (non-hydrogen) atoms. The second-order valence-corrected chi connectivity index (χ2v) is 8.84. The van der Waals surface area contributed by atoms with E-state index < -0.39 is 0 Å². The van der Waals surface area contributed by atoms with Crippen molar-refractivity contribution >= 4 is 17.5 Å². The third-order valence-electron chi connectivity index (χ3n) is 6.40. The molecule has 0 radical (unpaired) electrons. The number of anilines is 3. The van der Waals surface area contributed by atoms with E-state index in [1.807, 2.05) is 25.1 Å². The molecule has 2 aliphatic rings. The second-order valence-electron chi connectivity index (χ2n) is 8.84. The van der Waals surface area contributed by atoms with Crippen LogP contribution in [0.2, 0.25) is 0 Å². The zero-order valence-corrected chi connectivity index (χ0v) is 18.6. The van der Waals surface area contributed by atoms with Crippen molar-refractivity contribution in [1.82, 2.24) is 24.6 Å². The Kier molecular flexibility index (Phi) is 5.50. The van der Waals surface area contributed by atoms with Crippen LogP contribution in [-0.4, -0.2) is 51.3 Å². The predicted molar refractivity (Wildman–Crippen MR) is 125 cm³/mol. The first-order valence-electron chi connectivity index (χ1n) is 11.2. The number of aryl methyl sites for hydroxylation is 1. The number of likely N-dealkylation sites (tertiary alicyclic amines) is 1. The SMILES string of the molecule is Cc1cc(Nc2nccc(-c3cc(C#N)c4c(c3)CCN4)n2)n(CC2CCN(C)CC2)n1. The molecule has 5 rings (SSSR count). The minimum atomic E-state index is 0.532. The van der Waals surface area contributed by atoms with Crippen molar-refractivity contribution in [2.45, 2.75) is 32.7 Å². The third-order valence-corrected chi connectivity index (χ3v) is 6.40. The molecule has 1 aromatic carbocycles. The largest absolute Gasteiger partial charge is 0.383 e. The minimum Gasteiger partial charge on any atom is -0.383 e. The fourth-order valence-corrected chi connectivity index (χ4v) is 4.64. The van der Waals surface area contributed by atoms with Gasteiger partial charge in [0, 0.05) is 30.9 Å². The van der Waals surface area contributed by atoms with Gasteiger partial charge in [-0.15, -0.1) is 0 Å². The lowest BCUT2D eigenvalue weighted by atomic mass is 9.97. The van der Waals surface area contributed by atoms with E-state index in [9.17, 15) is 5.26 Å². The summed E-state index contributed by atoms with van der Waals surface area (Å²) in [5.41, 5.74) is 5.49. The molecule has 0 bridgehead atoms. The molecule has 2 aliphatic heterocycles. The molecule has 0 atom stereocenters. The summed E-state index contributed by atoms with van der Waals surface area (Å²) >= 11 is 0. The maximum absolute atomic E-state index is 9.56. The molecular weight excluding hydrogens is 400 g/mol. The number of hydrogen-bond donors (Lipinski definition) is 2. The van der Waals surface area contributed by atoms with E-state index >= 15 is 0 Å². The summed E-state index contributed by atoms with van der Waals surface area (Å²) in [5.74, 6) is 2.07. The smallest absolute Gasteiger partial charge is 0.228 e. The molecule has 8 heteroatoms. The number of rotatable bonds is 5. The zero-order valence-electron chi connectivity index (χ0n) is 18.6. The number of fused-ring (bicyclic) bond motifs is 1. The molecule has 4 heterocycles. The summed E-state index contributed by atoms with van der Waals surface area (Å²) in [4.78, 5) is 11.6. The van der Waals surface area contributed by atoms with Crippen LogP contribution in [-0.2, 0) is 13.0 Å². The number of nitriles is 1. The quantitative estimate of drug-likeness (QED) is 0.641. The van der Waals surface area contributed by atoms with Crippen LogP contribution in [0.3, 0.4) is 0 Å². The lowest BCUT2D eigenvalue weighted by Gasteiger charge is -2.29. The van der Waals surface area contributed by atoms with E-state index in [1.54, 1.807) is 6.20 Å². The van der Waals surface area contributed by atoms with Crippen LogP contribution in [0.25, 0.3) is 11.3 Å². The van der Waals surface area contributed by atoms with Gasteiger partial charge in [0.15, 0.2) is 0 Å². The number of aromatic nitrogens is 4. The van der Waals surface area contributed by atoms with Crippen LogP contribution in [0.5, 0.6) is 0 Å². The molecule has 3 aromatic rings. The first-order valence-corrected chi connectivity index (χ1v) is 11.2. The van der Waals surface area contributed by atoms with Crippen LogP contribution in [0.15, 0.2) is 30.5 Å². The number of nitrogens with one attached hydrogen (secondary N) is 2. The summed E-state index contributed by atoms with van der Waals surface area (Å²) in [7, 11) is 2.18. The number of benzene rings is 1. The van der Waals surface area contributed by atoms with E-state index in [4.69, 9.17) is 10.1 Å². The summed E-state index contributed by atoms with van der Waals surface area (Å²) in [6, 6.07) is 10.3. The van der Waals surface area contributed by atoms with Gasteiger partial charge < -0.3 is 15.5 Å². The predicted octanol–water partition coefficient (Wildman–Crippen LogP) is 3.57. The molecule has 164 valence electrons. The van der Waals surface area contributed by atoms with E-state index in [2.05, 4.69) is 44.4 Å². The Hall–Kier alpha value is -3.44. The van der Waals surface area contributed by atoms with Gasteiger partial charge in [-0.3, -0.25) is 0 Å². The second kappa shape index (κ2) is 8.60. The highest BCUT2D eigenvalue weighted by Gasteiger charge is 2.20. The van der Waals surface area contributed by atoms with Gasteiger partial charge in [0.05, 0.1) is 22.6 Å². The Morgan fingerprint density at radius 2 is 2.09 bits per heavy atom. The van der Waals surface area contributed by atoms with Gasteiger partial charge in [-0.2, -0.15) is 10.4 Å². The Labute approximate surface area is 188 Å². The van der Waals surface area contributed by atoms with Crippen LogP contribution in [0, 0.1) is 24.2 Å². The van der Waals surface area contributed by atoms with Crippen LogP contribution >= 0.6 is 0 Å². The molecule has 2 N–H and O–H groups in total. The topological polar surface area (TPSA) is 94.7 Å². The standard InChI is InChI=1S/C24H28N8/c1-16-11-22(32(30-16)15-17-5-9-31(2)10-6-17)29-24-27-8-4-21(28-24)19-12-18-3-7-26-23(18)20(13-19)14-25/h4,8,11-13,17,26H,3,5-7,9-10,15H2,1-2H3,(H,27,28,29). The van der Waals surface area contributed by atoms with Crippen molar-refractivity contribution in [3.63, 3.8) is 0 Å². The molecule has 0 saturated carbocycles. The van der Waals surface area contributed by atoms with Gasteiger partial charge in [0.2, 0.25) is 5.95 Å². The van der Waals surface area contributed by atoms with Gasteiger partial charge in [-0.25, -0.2) is 14.6 Å². The molecule has 0 aliphatic carbocycles. The average Bonchev–Trinajstić information content (AvgIpc) is 3.41. The summed E-state index contributed by atoms with van der Waals surface area (Å²) in [6.07, 6.45) is 5.06. The van der Waals surface area contributed by atoms with Gasteiger partial charge in [0.25, 0.3) is 0 Å². The number of nitrogens with zero attached hydrogens (tertiary/aromatic N) is 6. The molecule has 2 aromatic heterocycles. The molecule has 0 spiro atoms. The third kappa shape index (κ3) is 4.16. The van der Waals surface area contributed by atoms with E-state index in [0.29, 0.717) is 17.4 Å². The molecular formula is C24H28N8. The number of piperidine rings is 1. The number of hydrogen-bond acceptors (Lipinski definition) is 7. The highest BCUT2D eigenvalue weighted by Crippen LogP contribution is 2.32. The van der Waals surface area contributed by atoms with Gasteiger partial charge in [-0.05, 0) is 76.0 Å². The molecule has 0 unspecified atom stereocenters. The van der Waals surface area contributed by atoms with Crippen LogP contribution < -0.4 is 10.6 Å². The highest BCUT2D eigenvalue weighted by molar-refractivity contribution is 5.74. The maximum atomic E-state index is 9.56. The van der Waals surface area contributed by atoms with Crippen molar-refractivity contribution < 1.29 is 0 Å². The van der Waals surface area contributed by atoms with Crippen molar-refractivity contribution in [3.05, 3.63) is 47.3 Å². The van der Waals surface area contributed by atoms with Gasteiger partial charge in [0.1, 0.15) is 11.9 Å². The van der Waals surface area contributed by atoms with Crippen molar-refractivity contribution in [3.8, 4) is 17.3 Å². The molecule has 0 amide bonds. The first kappa shape index (κ1) is 20.5. The van der Waals surface area contributed by atoms with Gasteiger partial charge in [-0.1, -0.05) is 0 Å². The van der Waals surface area contributed by atoms with Crippen molar-refractivity contribution in [2.75, 3.05) is 37.3 Å².